The molecule has 1 saturated heterocycles. The van der Waals surface area contributed by atoms with Crippen LogP contribution < -0.4 is 4.74 Å². The summed E-state index contributed by atoms with van der Waals surface area (Å²) in [5, 5.41) is 10.5. The number of hydrogen-bond acceptors (Lipinski definition) is 4. The van der Waals surface area contributed by atoms with Gasteiger partial charge >= 0.3 is 0 Å². The number of fused-ring (bicyclic) bond motifs is 1. The third-order valence-corrected chi connectivity index (χ3v) is 5.14. The van der Waals surface area contributed by atoms with Crippen LogP contribution in [0.4, 0.5) is 0 Å². The molecule has 4 heteroatoms. The summed E-state index contributed by atoms with van der Waals surface area (Å²) >= 11 is 0. The van der Waals surface area contributed by atoms with Crippen molar-refractivity contribution in [3.63, 3.8) is 0 Å². The maximum atomic E-state index is 12.8. The van der Waals surface area contributed by atoms with Crippen molar-refractivity contribution in [2.24, 2.45) is 0 Å². The summed E-state index contributed by atoms with van der Waals surface area (Å²) in [5.41, 5.74) is 3.08. The molecule has 0 unspecified atom stereocenters. The van der Waals surface area contributed by atoms with E-state index < -0.39 is 0 Å². The van der Waals surface area contributed by atoms with Crippen LogP contribution in [-0.4, -0.2) is 28.9 Å². The predicted octanol–water partition coefficient (Wildman–Crippen LogP) is 4.47. The molecule has 0 amide bonds. The van der Waals surface area contributed by atoms with Gasteiger partial charge in [0.15, 0.2) is 5.76 Å². The highest BCUT2D eigenvalue weighted by molar-refractivity contribution is 6.13. The number of hydrogen-bond donors (Lipinski definition) is 1. The van der Waals surface area contributed by atoms with Gasteiger partial charge in [0.2, 0.25) is 5.78 Å². The van der Waals surface area contributed by atoms with Crippen molar-refractivity contribution >= 4 is 11.9 Å². The molecule has 2 aromatic rings. The molecule has 1 fully saturated rings. The molecule has 4 rings (SSSR count). The van der Waals surface area contributed by atoms with E-state index in [2.05, 4.69) is 4.90 Å². The Bertz CT molecular complexity index is 922. The third kappa shape index (κ3) is 3.53. The minimum atomic E-state index is -0.122. The number of carbonyl (C=O) groups excluding carboxylic acids is 1. The summed E-state index contributed by atoms with van der Waals surface area (Å²) in [7, 11) is 0. The summed E-state index contributed by atoms with van der Waals surface area (Å²) in [4.78, 5) is 15.1. The molecule has 0 atom stereocenters. The molecule has 2 aromatic carbocycles. The Kier molecular flexibility index (Phi) is 4.82. The number of ether oxygens (including phenoxy) is 1. The van der Waals surface area contributed by atoms with Crippen LogP contribution in [0.5, 0.6) is 11.5 Å². The van der Waals surface area contributed by atoms with Gasteiger partial charge in [0.1, 0.15) is 11.5 Å². The molecule has 0 spiro atoms. The second kappa shape index (κ2) is 7.41. The number of rotatable bonds is 4. The molecule has 2 aliphatic rings. The molecule has 138 valence electrons. The van der Waals surface area contributed by atoms with Crippen molar-refractivity contribution in [3.8, 4) is 11.5 Å². The molecule has 2 heterocycles. The van der Waals surface area contributed by atoms with Crippen molar-refractivity contribution in [2.45, 2.75) is 26.3 Å². The molecule has 0 radical (unpaired) electrons. The highest BCUT2D eigenvalue weighted by Crippen LogP contribution is 2.42. The van der Waals surface area contributed by atoms with E-state index in [-0.39, 0.29) is 11.5 Å². The SMILES string of the molecule is Cc1cc(O)c(CN2CCCC2)c2c1C(=O)/C(=C/C=C/c1ccccc1)O2. The molecule has 0 aliphatic carbocycles. The molecule has 0 aromatic heterocycles. The Balaban J connectivity index is 1.63. The van der Waals surface area contributed by atoms with Gasteiger partial charge in [0, 0.05) is 6.54 Å². The van der Waals surface area contributed by atoms with Crippen LogP contribution in [0.15, 0.2) is 54.3 Å². The fourth-order valence-electron chi connectivity index (χ4n) is 3.72. The van der Waals surface area contributed by atoms with E-state index in [9.17, 15) is 9.90 Å². The number of aromatic hydroxyl groups is 1. The fraction of sp³-hybridized carbons (Fsp3) is 0.261. The van der Waals surface area contributed by atoms with Crippen LogP contribution in [-0.2, 0) is 6.54 Å². The van der Waals surface area contributed by atoms with Crippen LogP contribution in [0.25, 0.3) is 6.08 Å². The highest BCUT2D eigenvalue weighted by Gasteiger charge is 2.33. The summed E-state index contributed by atoms with van der Waals surface area (Å²) in [5.74, 6) is 0.896. The number of Topliss-reactive ketones (excluding diaryl/α,β-unsaturated/α-hetero) is 1. The lowest BCUT2D eigenvalue weighted by molar-refractivity contribution is 0.101. The topological polar surface area (TPSA) is 49.8 Å². The largest absolute Gasteiger partial charge is 0.507 e. The number of carbonyl (C=O) groups is 1. The highest BCUT2D eigenvalue weighted by atomic mass is 16.5. The molecule has 0 bridgehead atoms. The van der Waals surface area contributed by atoms with E-state index in [1.165, 1.54) is 12.8 Å². The molecule has 27 heavy (non-hydrogen) atoms. The molecule has 1 N–H and O–H groups in total. The average Bonchev–Trinajstić information content (AvgIpc) is 3.28. The van der Waals surface area contributed by atoms with Crippen LogP contribution in [0.2, 0.25) is 0 Å². The minimum Gasteiger partial charge on any atom is -0.507 e. The number of nitrogens with zero attached hydrogens (tertiary/aromatic N) is 1. The van der Waals surface area contributed by atoms with Crippen LogP contribution in [0, 0.1) is 6.92 Å². The summed E-state index contributed by atoms with van der Waals surface area (Å²) < 4.78 is 5.93. The van der Waals surface area contributed by atoms with E-state index in [1.807, 2.05) is 49.4 Å². The lowest BCUT2D eigenvalue weighted by Crippen LogP contribution is -2.19. The van der Waals surface area contributed by atoms with Crippen molar-refractivity contribution in [1.29, 1.82) is 0 Å². The number of likely N-dealkylation sites (tertiary alicyclic amines) is 1. The first-order chi connectivity index (χ1) is 13.1. The average molecular weight is 361 g/mol. The van der Waals surface area contributed by atoms with Gasteiger partial charge in [-0.2, -0.15) is 0 Å². The lowest BCUT2D eigenvalue weighted by Gasteiger charge is -2.18. The summed E-state index contributed by atoms with van der Waals surface area (Å²) in [6, 6.07) is 11.6. The molecular weight excluding hydrogens is 338 g/mol. The zero-order valence-corrected chi connectivity index (χ0v) is 15.4. The van der Waals surface area contributed by atoms with Gasteiger partial charge in [-0.1, -0.05) is 42.5 Å². The maximum absolute atomic E-state index is 12.8. The number of phenols is 1. The Morgan fingerprint density at radius 3 is 2.67 bits per heavy atom. The molecular formula is C23H23NO3. The van der Waals surface area contributed by atoms with Crippen LogP contribution >= 0.6 is 0 Å². The van der Waals surface area contributed by atoms with Crippen molar-refractivity contribution in [2.75, 3.05) is 13.1 Å². The van der Waals surface area contributed by atoms with Gasteiger partial charge in [0.05, 0.1) is 11.1 Å². The zero-order chi connectivity index (χ0) is 18.8. The van der Waals surface area contributed by atoms with Gasteiger partial charge in [-0.15, -0.1) is 0 Å². The first-order valence-corrected chi connectivity index (χ1v) is 9.37. The van der Waals surface area contributed by atoms with Gasteiger partial charge in [-0.3, -0.25) is 9.69 Å². The Labute approximate surface area is 159 Å². The van der Waals surface area contributed by atoms with Crippen LogP contribution in [0.3, 0.4) is 0 Å². The van der Waals surface area contributed by atoms with Gasteiger partial charge in [-0.25, -0.2) is 0 Å². The first-order valence-electron chi connectivity index (χ1n) is 9.37. The second-order valence-electron chi connectivity index (χ2n) is 7.11. The number of benzene rings is 2. The molecule has 0 saturated carbocycles. The maximum Gasteiger partial charge on any atom is 0.232 e. The number of ketones is 1. The van der Waals surface area contributed by atoms with E-state index in [0.717, 1.165) is 24.2 Å². The number of phenolic OH excluding ortho intramolecular Hbond substituents is 1. The third-order valence-electron chi connectivity index (χ3n) is 5.14. The smallest absolute Gasteiger partial charge is 0.232 e. The first kappa shape index (κ1) is 17.6. The van der Waals surface area contributed by atoms with E-state index in [0.29, 0.717) is 29.2 Å². The van der Waals surface area contributed by atoms with Crippen LogP contribution in [0.1, 0.15) is 39.9 Å². The number of allylic oxidation sites excluding steroid dienone is 3. The molecule has 2 aliphatic heterocycles. The minimum absolute atomic E-state index is 0.122. The molecule has 4 nitrogen and oxygen atoms in total. The summed E-state index contributed by atoms with van der Waals surface area (Å²) in [6.45, 7) is 4.47. The van der Waals surface area contributed by atoms with Crippen molar-refractivity contribution < 1.29 is 14.6 Å². The van der Waals surface area contributed by atoms with Crippen molar-refractivity contribution in [3.05, 3.63) is 76.6 Å². The van der Waals surface area contributed by atoms with E-state index in [1.54, 1.807) is 12.1 Å². The quantitative estimate of drug-likeness (QED) is 0.817. The Morgan fingerprint density at radius 2 is 1.93 bits per heavy atom. The lowest BCUT2D eigenvalue weighted by atomic mass is 9.99. The Morgan fingerprint density at radius 1 is 1.19 bits per heavy atom. The van der Waals surface area contributed by atoms with E-state index in [4.69, 9.17) is 4.74 Å². The van der Waals surface area contributed by atoms with Gasteiger partial charge in [-0.05, 0) is 56.1 Å². The normalized spacial score (nSPS) is 18.4. The second-order valence-corrected chi connectivity index (χ2v) is 7.11. The van der Waals surface area contributed by atoms with Gasteiger partial charge < -0.3 is 9.84 Å². The predicted molar refractivity (Wildman–Crippen MR) is 106 cm³/mol. The Hall–Kier alpha value is -2.85. The van der Waals surface area contributed by atoms with Gasteiger partial charge in [0.25, 0.3) is 0 Å². The fourth-order valence-corrected chi connectivity index (χ4v) is 3.72. The standard InChI is InChI=1S/C23H23NO3/c1-16-14-19(25)18(15-24-12-5-6-13-24)23-21(16)22(26)20(27-23)11-7-10-17-8-3-2-4-9-17/h2-4,7-11,14,25H,5-6,12-13,15H2,1H3/b10-7+,20-11-. The monoisotopic (exact) mass is 361 g/mol. The summed E-state index contributed by atoms with van der Waals surface area (Å²) in [6.07, 6.45) is 7.80. The number of aryl methyl sites for hydroxylation is 1. The zero-order valence-electron chi connectivity index (χ0n) is 15.4. The van der Waals surface area contributed by atoms with E-state index >= 15 is 0 Å². The van der Waals surface area contributed by atoms with Crippen molar-refractivity contribution in [1.82, 2.24) is 4.90 Å².